The highest BCUT2D eigenvalue weighted by Crippen LogP contribution is 2.32. The van der Waals surface area contributed by atoms with E-state index in [4.69, 9.17) is 15.2 Å². The minimum atomic E-state index is -2.74. The third-order valence-corrected chi connectivity index (χ3v) is 5.27. The molecule has 168 valence electrons. The number of nitrogens with two attached hydrogens (primary N) is 1. The number of rotatable bonds is 4. The molecule has 0 unspecified atom stereocenters. The fourth-order valence-corrected chi connectivity index (χ4v) is 3.95. The highest BCUT2D eigenvalue weighted by molar-refractivity contribution is 5.64. The Balaban J connectivity index is 1.80. The highest BCUT2D eigenvalue weighted by atomic mass is 19.3. The molecule has 0 amide bonds. The van der Waals surface area contributed by atoms with Gasteiger partial charge in [0.25, 0.3) is 6.43 Å². The zero-order chi connectivity index (χ0) is 22.1. The number of morpholine rings is 2. The second-order valence-corrected chi connectivity index (χ2v) is 8.05. The largest absolute Gasteiger partial charge is 0.384 e. The van der Waals surface area contributed by atoms with Crippen LogP contribution in [-0.4, -0.2) is 71.0 Å². The molecule has 31 heavy (non-hydrogen) atoms. The Morgan fingerprint density at radius 1 is 1.00 bits per heavy atom. The molecule has 2 fully saturated rings. The van der Waals surface area contributed by atoms with E-state index in [1.165, 1.54) is 12.3 Å². The van der Waals surface area contributed by atoms with Crippen molar-refractivity contribution >= 4 is 17.7 Å². The lowest BCUT2D eigenvalue weighted by Crippen LogP contribution is -2.47. The van der Waals surface area contributed by atoms with Crippen molar-refractivity contribution in [2.45, 2.75) is 45.5 Å². The molecule has 4 heterocycles. The maximum absolute atomic E-state index is 13.7. The van der Waals surface area contributed by atoms with E-state index < -0.39 is 6.43 Å². The minimum absolute atomic E-state index is 0.00867. The van der Waals surface area contributed by atoms with E-state index in [9.17, 15) is 8.78 Å². The van der Waals surface area contributed by atoms with Crippen molar-refractivity contribution in [1.29, 1.82) is 0 Å². The van der Waals surface area contributed by atoms with Crippen molar-refractivity contribution in [3.05, 3.63) is 17.8 Å². The predicted octanol–water partition coefficient (Wildman–Crippen LogP) is 2.29. The van der Waals surface area contributed by atoms with Crippen molar-refractivity contribution in [1.82, 2.24) is 19.9 Å². The summed E-state index contributed by atoms with van der Waals surface area (Å²) in [5, 5.41) is 0. The van der Waals surface area contributed by atoms with Crippen LogP contribution in [0.1, 0.15) is 32.8 Å². The van der Waals surface area contributed by atoms with Crippen LogP contribution in [0, 0.1) is 0 Å². The van der Waals surface area contributed by atoms with Crippen molar-refractivity contribution in [3.8, 4) is 11.4 Å². The van der Waals surface area contributed by atoms with Crippen LogP contribution < -0.4 is 15.5 Å². The Labute approximate surface area is 179 Å². The van der Waals surface area contributed by atoms with Crippen molar-refractivity contribution in [2.24, 2.45) is 0 Å². The van der Waals surface area contributed by atoms with Crippen LogP contribution in [-0.2, 0) is 9.47 Å². The summed E-state index contributed by atoms with van der Waals surface area (Å²) in [6.45, 7) is 8.85. The quantitative estimate of drug-likeness (QED) is 0.775. The van der Waals surface area contributed by atoms with E-state index in [1.807, 2.05) is 30.6 Å². The van der Waals surface area contributed by atoms with E-state index in [2.05, 4.69) is 19.9 Å². The number of anilines is 3. The van der Waals surface area contributed by atoms with Gasteiger partial charge in [0.05, 0.1) is 24.9 Å². The number of nitrogen functional groups attached to an aromatic ring is 1. The zero-order valence-electron chi connectivity index (χ0n) is 17.8. The SMILES string of the molecule is C[C@@H]1CN(c2nc(-c3cnc(N)cc3C(F)F)nc(N3CCO[C@@H](C)C3)n2)C[C@H](C)O1. The highest BCUT2D eigenvalue weighted by Gasteiger charge is 2.28. The topological polar surface area (TPSA) is 103 Å². The van der Waals surface area contributed by atoms with Gasteiger partial charge in [0.1, 0.15) is 5.82 Å². The third-order valence-electron chi connectivity index (χ3n) is 5.27. The molecule has 2 aliphatic rings. The van der Waals surface area contributed by atoms with Gasteiger partial charge in [-0.3, -0.25) is 0 Å². The smallest absolute Gasteiger partial charge is 0.264 e. The van der Waals surface area contributed by atoms with Gasteiger partial charge >= 0.3 is 0 Å². The summed E-state index contributed by atoms with van der Waals surface area (Å²) in [4.78, 5) is 21.8. The molecule has 0 saturated carbocycles. The second kappa shape index (κ2) is 8.83. The molecular formula is C20H27F2N7O2. The summed E-state index contributed by atoms with van der Waals surface area (Å²) in [7, 11) is 0. The minimum Gasteiger partial charge on any atom is -0.384 e. The maximum atomic E-state index is 13.7. The summed E-state index contributed by atoms with van der Waals surface area (Å²) < 4.78 is 38.9. The molecule has 2 aromatic heterocycles. The molecule has 0 aromatic carbocycles. The second-order valence-electron chi connectivity index (χ2n) is 8.05. The molecule has 4 rings (SSSR count). The van der Waals surface area contributed by atoms with Crippen molar-refractivity contribution in [3.63, 3.8) is 0 Å². The number of pyridine rings is 1. The third kappa shape index (κ3) is 4.82. The molecule has 3 atom stereocenters. The van der Waals surface area contributed by atoms with Crippen molar-refractivity contribution in [2.75, 3.05) is 48.3 Å². The number of hydrogen-bond donors (Lipinski definition) is 1. The van der Waals surface area contributed by atoms with Crippen LogP contribution >= 0.6 is 0 Å². The Kier molecular flexibility index (Phi) is 6.15. The summed E-state index contributed by atoms with van der Waals surface area (Å²) in [5.41, 5.74) is 5.53. The van der Waals surface area contributed by atoms with Gasteiger partial charge in [0, 0.05) is 43.5 Å². The average molecular weight is 435 g/mol. The van der Waals surface area contributed by atoms with Crippen LogP contribution in [0.15, 0.2) is 12.3 Å². The molecule has 2 saturated heterocycles. The van der Waals surface area contributed by atoms with E-state index in [0.29, 0.717) is 44.7 Å². The molecule has 9 nitrogen and oxygen atoms in total. The van der Waals surface area contributed by atoms with E-state index in [1.54, 1.807) is 0 Å². The molecular weight excluding hydrogens is 408 g/mol. The molecule has 0 bridgehead atoms. The number of nitrogens with zero attached hydrogens (tertiary/aromatic N) is 6. The molecule has 0 radical (unpaired) electrons. The Bertz CT molecular complexity index is 922. The van der Waals surface area contributed by atoms with Gasteiger partial charge in [-0.05, 0) is 26.8 Å². The summed E-state index contributed by atoms with van der Waals surface area (Å²) in [6.07, 6.45) is -1.45. The first-order chi connectivity index (χ1) is 14.8. The van der Waals surface area contributed by atoms with Gasteiger partial charge < -0.3 is 25.0 Å². The lowest BCUT2D eigenvalue weighted by Gasteiger charge is -2.36. The summed E-state index contributed by atoms with van der Waals surface area (Å²) >= 11 is 0. The lowest BCUT2D eigenvalue weighted by atomic mass is 10.1. The first-order valence-corrected chi connectivity index (χ1v) is 10.4. The van der Waals surface area contributed by atoms with Gasteiger partial charge in [0.2, 0.25) is 11.9 Å². The number of hydrogen-bond acceptors (Lipinski definition) is 9. The number of alkyl halides is 2. The zero-order valence-corrected chi connectivity index (χ0v) is 17.8. The fourth-order valence-electron chi connectivity index (χ4n) is 3.95. The molecule has 2 aromatic rings. The van der Waals surface area contributed by atoms with Crippen LogP contribution in [0.2, 0.25) is 0 Å². The van der Waals surface area contributed by atoms with E-state index in [-0.39, 0.29) is 41.1 Å². The van der Waals surface area contributed by atoms with E-state index >= 15 is 0 Å². The van der Waals surface area contributed by atoms with Crippen LogP contribution in [0.25, 0.3) is 11.4 Å². The number of ether oxygens (including phenoxy) is 2. The van der Waals surface area contributed by atoms with Gasteiger partial charge in [0.15, 0.2) is 5.82 Å². The van der Waals surface area contributed by atoms with Crippen LogP contribution in [0.5, 0.6) is 0 Å². The molecule has 0 spiro atoms. The number of halogens is 2. The van der Waals surface area contributed by atoms with E-state index in [0.717, 1.165) is 0 Å². The Hall–Kier alpha value is -2.66. The number of aromatic nitrogens is 4. The van der Waals surface area contributed by atoms with Crippen LogP contribution in [0.4, 0.5) is 26.5 Å². The maximum Gasteiger partial charge on any atom is 0.264 e. The summed E-state index contributed by atoms with van der Waals surface area (Å²) in [5.74, 6) is 1.03. The average Bonchev–Trinajstić information content (AvgIpc) is 2.72. The lowest BCUT2D eigenvalue weighted by molar-refractivity contribution is -0.00572. The van der Waals surface area contributed by atoms with Gasteiger partial charge in [-0.25, -0.2) is 13.8 Å². The van der Waals surface area contributed by atoms with Crippen LogP contribution in [0.3, 0.4) is 0 Å². The van der Waals surface area contributed by atoms with Crippen molar-refractivity contribution < 1.29 is 18.3 Å². The normalized spacial score (nSPS) is 24.6. The molecule has 2 N–H and O–H groups in total. The summed E-state index contributed by atoms with van der Waals surface area (Å²) in [6, 6.07) is 1.17. The van der Waals surface area contributed by atoms with Gasteiger partial charge in [-0.15, -0.1) is 0 Å². The fraction of sp³-hybridized carbons (Fsp3) is 0.600. The standard InChI is InChI=1S/C20H27F2N7O2/c1-11-8-28(4-5-30-11)19-25-18(15-7-24-16(23)6-14(15)17(21)22)26-20(27-19)29-9-12(2)31-13(3)10-29/h6-7,11-13,17H,4-5,8-10H2,1-3H3,(H2,23,24)/t11-,12-,13+/m0/s1. The molecule has 2 aliphatic heterocycles. The predicted molar refractivity (Wildman–Crippen MR) is 112 cm³/mol. The Morgan fingerprint density at radius 2 is 1.65 bits per heavy atom. The molecule has 11 heteroatoms. The van der Waals surface area contributed by atoms with Gasteiger partial charge in [-0.1, -0.05) is 0 Å². The van der Waals surface area contributed by atoms with Gasteiger partial charge in [-0.2, -0.15) is 15.0 Å². The monoisotopic (exact) mass is 435 g/mol. The molecule has 0 aliphatic carbocycles. The first kappa shape index (κ1) is 21.6. The Morgan fingerprint density at radius 3 is 2.29 bits per heavy atom. The first-order valence-electron chi connectivity index (χ1n) is 10.4.